The van der Waals surface area contributed by atoms with Crippen LogP contribution in [0.25, 0.3) is 0 Å². The van der Waals surface area contributed by atoms with Gasteiger partial charge in [-0.05, 0) is 62.4 Å². The van der Waals surface area contributed by atoms with Crippen molar-refractivity contribution in [2.45, 2.75) is 45.9 Å². The molecule has 118 valence electrons. The molecule has 5 nitrogen and oxygen atoms in total. The molecule has 0 amide bonds. The van der Waals surface area contributed by atoms with E-state index < -0.39 is 16.0 Å². The van der Waals surface area contributed by atoms with Crippen LogP contribution in [0.15, 0.2) is 4.90 Å². The van der Waals surface area contributed by atoms with Gasteiger partial charge in [-0.15, -0.1) is 0 Å². The van der Waals surface area contributed by atoms with E-state index in [1.807, 2.05) is 34.6 Å². The predicted molar refractivity (Wildman–Crippen MR) is 81.9 cm³/mol. The minimum atomic E-state index is -3.65. The lowest BCUT2D eigenvalue weighted by atomic mass is 9.95. The highest BCUT2D eigenvalue weighted by Gasteiger charge is 2.23. The SMILES string of the molecule is COC(=O)CCNS(=O)(=O)c1c(C)c(C)c(C)c(C)c1C. The second-order valence-electron chi connectivity index (χ2n) is 5.18. The van der Waals surface area contributed by atoms with Gasteiger partial charge in [-0.1, -0.05) is 0 Å². The van der Waals surface area contributed by atoms with Crippen LogP contribution in [0.5, 0.6) is 0 Å². The zero-order chi connectivity index (χ0) is 16.4. The van der Waals surface area contributed by atoms with Gasteiger partial charge in [0.25, 0.3) is 0 Å². The van der Waals surface area contributed by atoms with Gasteiger partial charge in [0.1, 0.15) is 0 Å². The summed E-state index contributed by atoms with van der Waals surface area (Å²) >= 11 is 0. The fourth-order valence-corrected chi connectivity index (χ4v) is 3.96. The Hall–Kier alpha value is -1.40. The van der Waals surface area contributed by atoms with Crippen molar-refractivity contribution >= 4 is 16.0 Å². The van der Waals surface area contributed by atoms with Gasteiger partial charge in [0.2, 0.25) is 10.0 Å². The molecular weight excluding hydrogens is 290 g/mol. The van der Waals surface area contributed by atoms with E-state index in [0.29, 0.717) is 4.90 Å². The summed E-state index contributed by atoms with van der Waals surface area (Å²) in [5.41, 5.74) is 4.57. The van der Waals surface area contributed by atoms with Gasteiger partial charge in [0, 0.05) is 6.54 Å². The summed E-state index contributed by atoms with van der Waals surface area (Å²) in [5.74, 6) is -0.442. The minimum Gasteiger partial charge on any atom is -0.469 e. The highest BCUT2D eigenvalue weighted by molar-refractivity contribution is 7.89. The number of ether oxygens (including phenoxy) is 1. The molecule has 1 N–H and O–H groups in total. The topological polar surface area (TPSA) is 72.5 Å². The van der Waals surface area contributed by atoms with Crippen molar-refractivity contribution in [2.24, 2.45) is 0 Å². The molecule has 6 heteroatoms. The molecule has 0 spiro atoms. The third kappa shape index (κ3) is 3.63. The van der Waals surface area contributed by atoms with Crippen LogP contribution in [0.1, 0.15) is 34.2 Å². The van der Waals surface area contributed by atoms with Crippen LogP contribution in [0.3, 0.4) is 0 Å². The van der Waals surface area contributed by atoms with Crippen molar-refractivity contribution in [1.29, 1.82) is 0 Å². The Morgan fingerprint density at radius 1 is 0.952 bits per heavy atom. The molecule has 1 rings (SSSR count). The number of hydrogen-bond donors (Lipinski definition) is 1. The van der Waals surface area contributed by atoms with Gasteiger partial charge in [0.05, 0.1) is 18.4 Å². The summed E-state index contributed by atoms with van der Waals surface area (Å²) in [4.78, 5) is 11.4. The number of carbonyl (C=O) groups is 1. The summed E-state index contributed by atoms with van der Waals surface area (Å²) < 4.78 is 32.0. The third-order valence-electron chi connectivity index (χ3n) is 4.05. The van der Waals surface area contributed by atoms with Crippen molar-refractivity contribution < 1.29 is 17.9 Å². The first kappa shape index (κ1) is 17.7. The first-order chi connectivity index (χ1) is 9.63. The number of hydrogen-bond acceptors (Lipinski definition) is 4. The average Bonchev–Trinajstić information content (AvgIpc) is 2.42. The Bertz CT molecular complexity index is 634. The van der Waals surface area contributed by atoms with E-state index in [0.717, 1.165) is 27.8 Å². The number of carbonyl (C=O) groups excluding carboxylic acids is 1. The largest absolute Gasteiger partial charge is 0.469 e. The molecule has 0 saturated carbocycles. The average molecular weight is 313 g/mol. The van der Waals surface area contributed by atoms with Crippen LogP contribution in [0.4, 0.5) is 0 Å². The van der Waals surface area contributed by atoms with Crippen molar-refractivity contribution in [1.82, 2.24) is 4.72 Å². The molecule has 0 aromatic heterocycles. The first-order valence-electron chi connectivity index (χ1n) is 6.77. The maximum Gasteiger partial charge on any atom is 0.306 e. The minimum absolute atomic E-state index is 0.0116. The predicted octanol–water partition coefficient (Wildman–Crippen LogP) is 2.07. The lowest BCUT2D eigenvalue weighted by Crippen LogP contribution is -2.28. The number of methoxy groups -OCH3 is 1. The van der Waals surface area contributed by atoms with Crippen molar-refractivity contribution in [3.05, 3.63) is 27.8 Å². The molecular formula is C15H23NO4S. The van der Waals surface area contributed by atoms with Gasteiger partial charge >= 0.3 is 5.97 Å². The molecule has 0 heterocycles. The summed E-state index contributed by atoms with van der Waals surface area (Å²) in [6.45, 7) is 9.48. The van der Waals surface area contributed by atoms with Gasteiger partial charge in [-0.2, -0.15) is 0 Å². The molecule has 0 saturated heterocycles. The Labute approximate surface area is 126 Å². The van der Waals surface area contributed by atoms with E-state index >= 15 is 0 Å². The number of nitrogens with one attached hydrogen (secondary N) is 1. The number of esters is 1. The van der Waals surface area contributed by atoms with E-state index in [1.54, 1.807) is 0 Å². The molecule has 0 unspecified atom stereocenters. The molecule has 0 aliphatic heterocycles. The number of rotatable bonds is 5. The fraction of sp³-hybridized carbons (Fsp3) is 0.533. The van der Waals surface area contributed by atoms with Crippen molar-refractivity contribution in [2.75, 3.05) is 13.7 Å². The van der Waals surface area contributed by atoms with Gasteiger partial charge < -0.3 is 4.74 Å². The van der Waals surface area contributed by atoms with Gasteiger partial charge in [-0.25, -0.2) is 13.1 Å². The summed E-state index contributed by atoms with van der Waals surface area (Å²) in [6.07, 6.45) is 0.0116. The Morgan fingerprint density at radius 2 is 1.38 bits per heavy atom. The third-order valence-corrected chi connectivity index (χ3v) is 5.78. The molecule has 0 atom stereocenters. The van der Waals surface area contributed by atoms with Crippen LogP contribution >= 0.6 is 0 Å². The maximum absolute atomic E-state index is 12.5. The molecule has 0 radical (unpaired) electrons. The summed E-state index contributed by atoms with van der Waals surface area (Å²) in [5, 5.41) is 0. The van der Waals surface area contributed by atoms with E-state index in [-0.39, 0.29) is 13.0 Å². The van der Waals surface area contributed by atoms with Crippen molar-refractivity contribution in [3.63, 3.8) is 0 Å². The van der Waals surface area contributed by atoms with Crippen LogP contribution in [-0.2, 0) is 19.6 Å². The zero-order valence-electron chi connectivity index (χ0n) is 13.5. The highest BCUT2D eigenvalue weighted by Crippen LogP contribution is 2.29. The molecule has 0 aliphatic rings. The monoisotopic (exact) mass is 313 g/mol. The quantitative estimate of drug-likeness (QED) is 0.845. The van der Waals surface area contributed by atoms with E-state index in [2.05, 4.69) is 9.46 Å². The standard InChI is InChI=1S/C15H23NO4S/c1-9-10(2)12(4)15(13(5)11(9)3)21(18,19)16-8-7-14(17)20-6/h16H,7-8H2,1-6H3. The van der Waals surface area contributed by atoms with E-state index in [4.69, 9.17) is 0 Å². The van der Waals surface area contributed by atoms with Gasteiger partial charge in [0.15, 0.2) is 0 Å². The molecule has 21 heavy (non-hydrogen) atoms. The zero-order valence-corrected chi connectivity index (χ0v) is 14.3. The number of benzene rings is 1. The molecule has 0 fully saturated rings. The molecule has 1 aromatic carbocycles. The van der Waals surface area contributed by atoms with Crippen LogP contribution < -0.4 is 4.72 Å². The normalized spacial score (nSPS) is 11.5. The van der Waals surface area contributed by atoms with E-state index in [9.17, 15) is 13.2 Å². The van der Waals surface area contributed by atoms with Crippen LogP contribution in [-0.4, -0.2) is 28.0 Å². The van der Waals surface area contributed by atoms with Crippen LogP contribution in [0.2, 0.25) is 0 Å². The van der Waals surface area contributed by atoms with Crippen LogP contribution in [0, 0.1) is 34.6 Å². The molecule has 0 bridgehead atoms. The maximum atomic E-state index is 12.5. The highest BCUT2D eigenvalue weighted by atomic mass is 32.2. The fourth-order valence-electron chi connectivity index (χ4n) is 2.33. The second-order valence-corrected chi connectivity index (χ2v) is 6.88. The van der Waals surface area contributed by atoms with E-state index in [1.165, 1.54) is 7.11 Å². The Morgan fingerprint density at radius 3 is 1.81 bits per heavy atom. The summed E-state index contributed by atoms with van der Waals surface area (Å²) in [7, 11) is -2.37. The second kappa shape index (κ2) is 6.58. The first-order valence-corrected chi connectivity index (χ1v) is 8.25. The lowest BCUT2D eigenvalue weighted by Gasteiger charge is -2.18. The Kier molecular flexibility index (Phi) is 5.53. The smallest absolute Gasteiger partial charge is 0.306 e. The molecule has 1 aromatic rings. The van der Waals surface area contributed by atoms with Gasteiger partial charge in [-0.3, -0.25) is 4.79 Å². The molecule has 0 aliphatic carbocycles. The number of sulfonamides is 1. The Balaban J connectivity index is 3.18. The van der Waals surface area contributed by atoms with Crippen molar-refractivity contribution in [3.8, 4) is 0 Å². The summed E-state index contributed by atoms with van der Waals surface area (Å²) in [6, 6.07) is 0. The lowest BCUT2D eigenvalue weighted by molar-refractivity contribution is -0.140.